The molecule has 1 aliphatic rings. The number of piperidine rings is 1. The van der Waals surface area contributed by atoms with E-state index in [1.807, 2.05) is 0 Å². The average Bonchev–Trinajstić information content (AvgIpc) is 2.17. The standard InChI is InChI=1S/C11H23NS/c1-3-7-11-8-5-6-9-12(11)10-13-4-2/h11H,3-10H2,1-2H3/t11-/m1/s1. The Bertz CT molecular complexity index is 125. The van der Waals surface area contributed by atoms with E-state index < -0.39 is 0 Å². The van der Waals surface area contributed by atoms with E-state index in [9.17, 15) is 0 Å². The van der Waals surface area contributed by atoms with Gasteiger partial charge in [-0.05, 0) is 31.6 Å². The SMILES string of the molecule is CCC[C@@H]1CCCCN1CSCC. The van der Waals surface area contributed by atoms with Crippen molar-refractivity contribution in [2.75, 3.05) is 18.2 Å². The van der Waals surface area contributed by atoms with Gasteiger partial charge < -0.3 is 0 Å². The van der Waals surface area contributed by atoms with Crippen molar-refractivity contribution in [1.82, 2.24) is 4.90 Å². The van der Waals surface area contributed by atoms with Crippen LogP contribution in [0, 0.1) is 0 Å². The normalized spacial score (nSPS) is 24.9. The molecule has 0 radical (unpaired) electrons. The lowest BCUT2D eigenvalue weighted by molar-refractivity contribution is 0.167. The number of hydrogen-bond donors (Lipinski definition) is 0. The summed E-state index contributed by atoms with van der Waals surface area (Å²) in [6.45, 7) is 5.90. The Balaban J connectivity index is 2.28. The molecule has 0 aliphatic carbocycles. The molecule has 0 aromatic carbocycles. The molecule has 1 nitrogen and oxygen atoms in total. The van der Waals surface area contributed by atoms with Crippen molar-refractivity contribution in [3.05, 3.63) is 0 Å². The van der Waals surface area contributed by atoms with E-state index in [1.54, 1.807) is 0 Å². The van der Waals surface area contributed by atoms with Crippen LogP contribution in [0.25, 0.3) is 0 Å². The largest absolute Gasteiger partial charge is 0.291 e. The first kappa shape index (κ1) is 11.4. The number of thioether (sulfide) groups is 1. The Morgan fingerprint density at radius 1 is 1.31 bits per heavy atom. The summed E-state index contributed by atoms with van der Waals surface area (Å²) in [4.78, 5) is 2.70. The van der Waals surface area contributed by atoms with Crippen molar-refractivity contribution in [3.8, 4) is 0 Å². The van der Waals surface area contributed by atoms with E-state index in [1.165, 1.54) is 50.3 Å². The van der Waals surface area contributed by atoms with Gasteiger partial charge in [0.1, 0.15) is 0 Å². The maximum Gasteiger partial charge on any atom is 0.0447 e. The molecule has 1 atom stereocenters. The minimum atomic E-state index is 0.901. The Kier molecular flexibility index (Phi) is 5.88. The highest BCUT2D eigenvalue weighted by Crippen LogP contribution is 2.22. The van der Waals surface area contributed by atoms with Gasteiger partial charge in [-0.25, -0.2) is 0 Å². The second kappa shape index (κ2) is 6.72. The van der Waals surface area contributed by atoms with E-state index in [0.29, 0.717) is 0 Å². The van der Waals surface area contributed by atoms with Crippen LogP contribution in [-0.4, -0.2) is 29.1 Å². The number of hydrogen-bond acceptors (Lipinski definition) is 2. The highest BCUT2D eigenvalue weighted by atomic mass is 32.2. The van der Waals surface area contributed by atoms with Crippen LogP contribution in [0.1, 0.15) is 46.0 Å². The second-order valence-electron chi connectivity index (χ2n) is 3.87. The summed E-state index contributed by atoms with van der Waals surface area (Å²) in [6, 6.07) is 0.901. The number of rotatable bonds is 5. The summed E-state index contributed by atoms with van der Waals surface area (Å²) in [5.74, 6) is 2.52. The van der Waals surface area contributed by atoms with Crippen molar-refractivity contribution in [2.45, 2.75) is 52.0 Å². The van der Waals surface area contributed by atoms with Gasteiger partial charge in [-0.2, -0.15) is 0 Å². The fraction of sp³-hybridized carbons (Fsp3) is 1.00. The Hall–Kier alpha value is 0.310. The fourth-order valence-electron chi connectivity index (χ4n) is 2.10. The summed E-state index contributed by atoms with van der Waals surface area (Å²) >= 11 is 2.07. The highest BCUT2D eigenvalue weighted by Gasteiger charge is 2.20. The zero-order chi connectivity index (χ0) is 9.52. The molecule has 0 unspecified atom stereocenters. The zero-order valence-corrected chi connectivity index (χ0v) is 9.91. The molecule has 1 aliphatic heterocycles. The lowest BCUT2D eigenvalue weighted by Gasteiger charge is -2.35. The molecular formula is C11H23NS. The zero-order valence-electron chi connectivity index (χ0n) is 9.09. The molecule has 0 bridgehead atoms. The predicted molar refractivity (Wildman–Crippen MR) is 62.3 cm³/mol. The van der Waals surface area contributed by atoms with Crippen LogP contribution in [0.4, 0.5) is 0 Å². The first-order chi connectivity index (χ1) is 6.38. The summed E-state index contributed by atoms with van der Waals surface area (Å²) in [7, 11) is 0. The molecule has 2 heteroatoms. The van der Waals surface area contributed by atoms with Gasteiger partial charge in [-0.3, -0.25) is 4.90 Å². The summed E-state index contributed by atoms with van der Waals surface area (Å²) in [5.41, 5.74) is 0. The highest BCUT2D eigenvalue weighted by molar-refractivity contribution is 7.99. The molecule has 0 aromatic heterocycles. The van der Waals surface area contributed by atoms with Gasteiger partial charge >= 0.3 is 0 Å². The molecular weight excluding hydrogens is 178 g/mol. The van der Waals surface area contributed by atoms with Crippen molar-refractivity contribution in [1.29, 1.82) is 0 Å². The Morgan fingerprint density at radius 3 is 2.85 bits per heavy atom. The number of likely N-dealkylation sites (tertiary alicyclic amines) is 1. The van der Waals surface area contributed by atoms with Crippen molar-refractivity contribution in [2.24, 2.45) is 0 Å². The lowest BCUT2D eigenvalue weighted by atomic mass is 9.99. The summed E-state index contributed by atoms with van der Waals surface area (Å²) in [6.07, 6.45) is 7.07. The molecule has 0 aromatic rings. The van der Waals surface area contributed by atoms with Gasteiger partial charge in [0.15, 0.2) is 0 Å². The maximum absolute atomic E-state index is 2.70. The molecule has 1 heterocycles. The van der Waals surface area contributed by atoms with Gasteiger partial charge in [-0.1, -0.05) is 26.7 Å². The Labute approximate surface area is 87.3 Å². The molecule has 0 amide bonds. The Morgan fingerprint density at radius 2 is 2.15 bits per heavy atom. The summed E-state index contributed by atoms with van der Waals surface area (Å²) < 4.78 is 0. The van der Waals surface area contributed by atoms with E-state index in [2.05, 4.69) is 30.5 Å². The van der Waals surface area contributed by atoms with Crippen LogP contribution in [0.15, 0.2) is 0 Å². The van der Waals surface area contributed by atoms with Gasteiger partial charge in [-0.15, -0.1) is 11.8 Å². The van der Waals surface area contributed by atoms with Gasteiger partial charge in [0.05, 0.1) is 0 Å². The maximum atomic E-state index is 2.70. The first-order valence-corrected chi connectivity index (χ1v) is 6.85. The van der Waals surface area contributed by atoms with Crippen LogP contribution < -0.4 is 0 Å². The van der Waals surface area contributed by atoms with Crippen LogP contribution in [0.3, 0.4) is 0 Å². The van der Waals surface area contributed by atoms with Crippen LogP contribution >= 0.6 is 11.8 Å². The van der Waals surface area contributed by atoms with Crippen molar-refractivity contribution >= 4 is 11.8 Å². The molecule has 1 fully saturated rings. The number of nitrogens with zero attached hydrogens (tertiary/aromatic N) is 1. The van der Waals surface area contributed by atoms with Gasteiger partial charge in [0.2, 0.25) is 0 Å². The molecule has 1 rings (SSSR count). The van der Waals surface area contributed by atoms with Gasteiger partial charge in [0, 0.05) is 11.9 Å². The van der Waals surface area contributed by atoms with E-state index >= 15 is 0 Å². The fourth-order valence-corrected chi connectivity index (χ4v) is 2.86. The molecule has 0 spiro atoms. The third kappa shape index (κ3) is 3.90. The molecule has 0 N–H and O–H groups in total. The lowest BCUT2D eigenvalue weighted by Crippen LogP contribution is -2.39. The van der Waals surface area contributed by atoms with Crippen molar-refractivity contribution in [3.63, 3.8) is 0 Å². The monoisotopic (exact) mass is 201 g/mol. The smallest absolute Gasteiger partial charge is 0.0447 e. The van der Waals surface area contributed by atoms with Crippen LogP contribution in [-0.2, 0) is 0 Å². The van der Waals surface area contributed by atoms with Crippen molar-refractivity contribution < 1.29 is 0 Å². The second-order valence-corrected chi connectivity index (χ2v) is 5.12. The summed E-state index contributed by atoms with van der Waals surface area (Å²) in [5, 5.41) is 0. The molecule has 1 saturated heterocycles. The average molecular weight is 201 g/mol. The van der Waals surface area contributed by atoms with E-state index in [-0.39, 0.29) is 0 Å². The third-order valence-electron chi connectivity index (χ3n) is 2.83. The quantitative estimate of drug-likeness (QED) is 0.671. The third-order valence-corrected chi connectivity index (χ3v) is 3.75. The molecule has 78 valence electrons. The van der Waals surface area contributed by atoms with Gasteiger partial charge in [0.25, 0.3) is 0 Å². The van der Waals surface area contributed by atoms with E-state index in [4.69, 9.17) is 0 Å². The molecule has 13 heavy (non-hydrogen) atoms. The predicted octanol–water partition coefficient (Wildman–Crippen LogP) is 3.35. The van der Waals surface area contributed by atoms with E-state index in [0.717, 1.165) is 6.04 Å². The minimum absolute atomic E-state index is 0.901. The molecule has 0 saturated carbocycles. The topological polar surface area (TPSA) is 3.24 Å². The first-order valence-electron chi connectivity index (χ1n) is 5.70. The van der Waals surface area contributed by atoms with Crippen LogP contribution in [0.5, 0.6) is 0 Å². The van der Waals surface area contributed by atoms with Crippen LogP contribution in [0.2, 0.25) is 0 Å². The minimum Gasteiger partial charge on any atom is -0.291 e.